The molecule has 1 fully saturated rings. The summed E-state index contributed by atoms with van der Waals surface area (Å²) in [4.78, 5) is 20.7. The van der Waals surface area contributed by atoms with Gasteiger partial charge in [-0.25, -0.2) is 4.68 Å². The average molecular weight is 373 g/mol. The van der Waals surface area contributed by atoms with Gasteiger partial charge < -0.3 is 4.90 Å². The first-order chi connectivity index (χ1) is 13.7. The highest BCUT2D eigenvalue weighted by atomic mass is 16.2. The van der Waals surface area contributed by atoms with Crippen LogP contribution < -0.4 is 0 Å². The molecule has 0 aliphatic carbocycles. The number of aromatic nitrogens is 4. The first-order valence-corrected chi connectivity index (χ1v) is 9.04. The van der Waals surface area contributed by atoms with E-state index in [1.165, 1.54) is 4.68 Å². The largest absolute Gasteiger partial charge is 0.333 e. The van der Waals surface area contributed by atoms with Crippen molar-refractivity contribution in [2.24, 2.45) is 0 Å². The molecule has 3 heterocycles. The van der Waals surface area contributed by atoms with Crippen molar-refractivity contribution < 1.29 is 4.79 Å². The number of nitrogens with zero attached hydrogens (tertiary/aromatic N) is 7. The van der Waals surface area contributed by atoms with Crippen molar-refractivity contribution in [3.63, 3.8) is 0 Å². The van der Waals surface area contributed by atoms with E-state index >= 15 is 0 Å². The molecule has 140 valence electrons. The van der Waals surface area contributed by atoms with Crippen molar-refractivity contribution >= 4 is 5.91 Å². The molecule has 0 bridgehead atoms. The molecule has 1 unspecified atom stereocenters. The Bertz CT molecular complexity index is 981. The van der Waals surface area contributed by atoms with E-state index in [0.717, 1.165) is 11.3 Å². The Balaban J connectivity index is 1.44. The highest BCUT2D eigenvalue weighted by molar-refractivity contribution is 5.92. The van der Waals surface area contributed by atoms with E-state index in [4.69, 9.17) is 0 Å². The highest BCUT2D eigenvalue weighted by Crippen LogP contribution is 2.16. The summed E-state index contributed by atoms with van der Waals surface area (Å²) in [5, 5.41) is 17.6. The van der Waals surface area contributed by atoms with E-state index in [-0.39, 0.29) is 17.6 Å². The number of carbonyl (C=O) groups is 1. The van der Waals surface area contributed by atoms with Crippen LogP contribution in [0.2, 0.25) is 0 Å². The van der Waals surface area contributed by atoms with Crippen LogP contribution in [0.5, 0.6) is 0 Å². The van der Waals surface area contributed by atoms with Crippen LogP contribution in [0.3, 0.4) is 0 Å². The summed E-state index contributed by atoms with van der Waals surface area (Å²) in [7, 11) is 0. The van der Waals surface area contributed by atoms with Gasteiger partial charge in [-0.05, 0) is 17.7 Å². The fourth-order valence-corrected chi connectivity index (χ4v) is 3.27. The van der Waals surface area contributed by atoms with Gasteiger partial charge in [-0.3, -0.25) is 14.7 Å². The van der Waals surface area contributed by atoms with Gasteiger partial charge in [0.15, 0.2) is 5.69 Å². The molecule has 8 heteroatoms. The topological polar surface area (TPSA) is 90.9 Å². The van der Waals surface area contributed by atoms with Crippen molar-refractivity contribution in [3.8, 4) is 11.8 Å². The summed E-state index contributed by atoms with van der Waals surface area (Å²) < 4.78 is 1.52. The van der Waals surface area contributed by atoms with Gasteiger partial charge in [0.25, 0.3) is 5.91 Å². The Morgan fingerprint density at radius 3 is 2.79 bits per heavy atom. The summed E-state index contributed by atoms with van der Waals surface area (Å²) in [6, 6.07) is 15.6. The number of carbonyl (C=O) groups excluding carboxylic acids is 1. The predicted molar refractivity (Wildman–Crippen MR) is 101 cm³/mol. The van der Waals surface area contributed by atoms with Crippen LogP contribution in [0, 0.1) is 11.3 Å². The van der Waals surface area contributed by atoms with E-state index in [9.17, 15) is 10.1 Å². The first-order valence-electron chi connectivity index (χ1n) is 9.04. The number of amides is 1. The predicted octanol–water partition coefficient (Wildman–Crippen LogP) is 1.51. The number of pyridine rings is 1. The zero-order chi connectivity index (χ0) is 19.3. The van der Waals surface area contributed by atoms with Crippen molar-refractivity contribution in [2.75, 3.05) is 19.6 Å². The zero-order valence-corrected chi connectivity index (χ0v) is 15.2. The van der Waals surface area contributed by atoms with Crippen molar-refractivity contribution in [1.29, 1.82) is 5.26 Å². The van der Waals surface area contributed by atoms with Crippen molar-refractivity contribution in [2.45, 2.75) is 12.6 Å². The molecule has 1 amide bonds. The molecule has 3 aromatic rings. The molecule has 1 aliphatic heterocycles. The van der Waals surface area contributed by atoms with E-state index in [0.29, 0.717) is 26.2 Å². The van der Waals surface area contributed by atoms with E-state index in [2.05, 4.69) is 26.3 Å². The fourth-order valence-electron chi connectivity index (χ4n) is 3.27. The maximum Gasteiger partial charge on any atom is 0.276 e. The van der Waals surface area contributed by atoms with Gasteiger partial charge in [0.05, 0.1) is 30.7 Å². The molecule has 28 heavy (non-hydrogen) atoms. The molecule has 1 aliphatic rings. The third kappa shape index (κ3) is 3.75. The monoisotopic (exact) mass is 373 g/mol. The number of benzene rings is 1. The minimum absolute atomic E-state index is 0.213. The van der Waals surface area contributed by atoms with Gasteiger partial charge in [-0.15, -0.1) is 5.10 Å². The highest BCUT2D eigenvalue weighted by Gasteiger charge is 2.31. The van der Waals surface area contributed by atoms with Gasteiger partial charge in [-0.1, -0.05) is 35.5 Å². The molecule has 0 N–H and O–H groups in total. The second-order valence-corrected chi connectivity index (χ2v) is 6.61. The van der Waals surface area contributed by atoms with Crippen molar-refractivity contribution in [3.05, 3.63) is 72.3 Å². The maximum absolute atomic E-state index is 12.8. The first kappa shape index (κ1) is 17.8. The Morgan fingerprint density at radius 1 is 1.18 bits per heavy atom. The SMILES string of the molecule is N#CC1CN(C(=O)c2cn(-c3cccnc3)nn2)CCN1Cc1ccccc1. The van der Waals surface area contributed by atoms with Crippen LogP contribution in [0.15, 0.2) is 61.1 Å². The lowest BCUT2D eigenvalue weighted by molar-refractivity contribution is 0.0546. The molecule has 1 saturated heterocycles. The van der Waals surface area contributed by atoms with Crippen LogP contribution in [-0.2, 0) is 6.54 Å². The van der Waals surface area contributed by atoms with E-state index in [1.54, 1.807) is 29.6 Å². The van der Waals surface area contributed by atoms with Gasteiger partial charge >= 0.3 is 0 Å². The number of nitriles is 1. The number of hydrogen-bond donors (Lipinski definition) is 0. The van der Waals surface area contributed by atoms with Crippen LogP contribution >= 0.6 is 0 Å². The molecule has 0 spiro atoms. The van der Waals surface area contributed by atoms with Crippen molar-refractivity contribution in [1.82, 2.24) is 29.8 Å². The molecule has 1 aromatic carbocycles. The molecule has 0 saturated carbocycles. The summed E-state index contributed by atoms with van der Waals surface area (Å²) in [6.07, 6.45) is 4.91. The normalized spacial score (nSPS) is 17.2. The number of hydrogen-bond acceptors (Lipinski definition) is 6. The molecule has 2 aromatic heterocycles. The second-order valence-electron chi connectivity index (χ2n) is 6.61. The smallest absolute Gasteiger partial charge is 0.276 e. The zero-order valence-electron chi connectivity index (χ0n) is 15.2. The molecular weight excluding hydrogens is 354 g/mol. The Labute approximate surface area is 162 Å². The van der Waals surface area contributed by atoms with E-state index < -0.39 is 0 Å². The van der Waals surface area contributed by atoms with Crippen LogP contribution in [0.1, 0.15) is 16.1 Å². The lowest BCUT2D eigenvalue weighted by Gasteiger charge is -2.37. The summed E-state index contributed by atoms with van der Waals surface area (Å²) in [5.41, 5.74) is 2.15. The molecular formula is C20H19N7O. The van der Waals surface area contributed by atoms with Gasteiger partial charge in [-0.2, -0.15) is 5.26 Å². The molecule has 0 radical (unpaired) electrons. The van der Waals surface area contributed by atoms with Gasteiger partial charge in [0.1, 0.15) is 6.04 Å². The third-order valence-corrected chi connectivity index (χ3v) is 4.78. The maximum atomic E-state index is 12.8. The standard InChI is InChI=1S/C20H19N7O/c21-11-18-14-26(10-9-25(18)13-16-5-2-1-3-6-16)20(28)19-15-27(24-23-19)17-7-4-8-22-12-17/h1-8,12,15,18H,9-10,13-14H2. The summed E-state index contributed by atoms with van der Waals surface area (Å²) in [6.45, 7) is 2.22. The Kier molecular flexibility index (Phi) is 5.08. The third-order valence-electron chi connectivity index (χ3n) is 4.78. The molecule has 8 nitrogen and oxygen atoms in total. The lowest BCUT2D eigenvalue weighted by atomic mass is 10.1. The second kappa shape index (κ2) is 7.98. The van der Waals surface area contributed by atoms with Gasteiger partial charge in [0, 0.05) is 25.8 Å². The average Bonchev–Trinajstić information content (AvgIpc) is 3.25. The van der Waals surface area contributed by atoms with E-state index in [1.807, 2.05) is 36.4 Å². The molecule has 4 rings (SSSR count). The van der Waals surface area contributed by atoms with Crippen LogP contribution in [-0.4, -0.2) is 61.4 Å². The Hall–Kier alpha value is -3.57. The number of rotatable bonds is 4. The quantitative estimate of drug-likeness (QED) is 0.689. The summed E-state index contributed by atoms with van der Waals surface area (Å²) in [5.74, 6) is -0.213. The Morgan fingerprint density at radius 2 is 2.04 bits per heavy atom. The van der Waals surface area contributed by atoms with Gasteiger partial charge in [0.2, 0.25) is 0 Å². The minimum atomic E-state index is -0.355. The van der Waals surface area contributed by atoms with Crippen LogP contribution in [0.4, 0.5) is 0 Å². The number of piperazine rings is 1. The van der Waals surface area contributed by atoms with Crippen LogP contribution in [0.25, 0.3) is 5.69 Å². The summed E-state index contributed by atoms with van der Waals surface area (Å²) >= 11 is 0. The molecule has 1 atom stereocenters. The fraction of sp³-hybridized carbons (Fsp3) is 0.250. The lowest BCUT2D eigenvalue weighted by Crippen LogP contribution is -2.53. The minimum Gasteiger partial charge on any atom is -0.333 e.